The molecule has 1 aliphatic rings. The first-order chi connectivity index (χ1) is 15.2. The van der Waals surface area contributed by atoms with Gasteiger partial charge in [-0.25, -0.2) is 4.63 Å². The van der Waals surface area contributed by atoms with Crippen molar-refractivity contribution in [2.75, 3.05) is 13.1 Å². The van der Waals surface area contributed by atoms with Gasteiger partial charge in [0.1, 0.15) is 5.69 Å². The van der Waals surface area contributed by atoms with Crippen molar-refractivity contribution in [2.24, 2.45) is 0 Å². The fraction of sp³-hybridized carbons (Fsp3) is 0.391. The summed E-state index contributed by atoms with van der Waals surface area (Å²) >= 11 is 0. The van der Waals surface area contributed by atoms with Crippen molar-refractivity contribution in [3.05, 3.63) is 75.9 Å². The minimum atomic E-state index is -4.37. The van der Waals surface area contributed by atoms with Gasteiger partial charge in [0.15, 0.2) is 5.69 Å². The molecule has 168 valence electrons. The average Bonchev–Trinajstić information content (AvgIpc) is 3.18. The molecule has 1 saturated heterocycles. The summed E-state index contributed by atoms with van der Waals surface area (Å²) in [6.07, 6.45) is -2.30. The van der Waals surface area contributed by atoms with E-state index in [2.05, 4.69) is 19.9 Å². The van der Waals surface area contributed by atoms with Gasteiger partial charge in [0.25, 0.3) is 5.91 Å². The molecule has 1 aliphatic heterocycles. The van der Waals surface area contributed by atoms with E-state index in [1.165, 1.54) is 12.1 Å². The van der Waals surface area contributed by atoms with Crippen LogP contribution >= 0.6 is 0 Å². The smallest absolute Gasteiger partial charge is 0.336 e. The molecule has 32 heavy (non-hydrogen) atoms. The largest absolute Gasteiger partial charge is 0.416 e. The van der Waals surface area contributed by atoms with Gasteiger partial charge < -0.3 is 4.90 Å². The molecule has 0 aliphatic carbocycles. The van der Waals surface area contributed by atoms with Crippen LogP contribution in [0.2, 0.25) is 0 Å². The molecule has 0 spiro atoms. The summed E-state index contributed by atoms with van der Waals surface area (Å²) in [5, 5.41) is 7.39. The van der Waals surface area contributed by atoms with Gasteiger partial charge in [-0.15, -0.1) is 0 Å². The van der Waals surface area contributed by atoms with Crippen molar-refractivity contribution in [1.82, 2.24) is 20.2 Å². The van der Waals surface area contributed by atoms with Crippen LogP contribution in [0.1, 0.15) is 63.0 Å². The number of carbonyl (C=O) groups excluding carboxylic acids is 1. The third kappa shape index (κ3) is 4.81. The zero-order chi connectivity index (χ0) is 22.9. The van der Waals surface area contributed by atoms with E-state index in [4.69, 9.17) is 0 Å². The zero-order valence-corrected chi connectivity index (χ0v) is 17.8. The van der Waals surface area contributed by atoms with Crippen molar-refractivity contribution < 1.29 is 22.6 Å². The molecule has 1 unspecified atom stereocenters. The molecule has 9 heteroatoms. The highest BCUT2D eigenvalue weighted by Crippen LogP contribution is 2.31. The van der Waals surface area contributed by atoms with Crippen molar-refractivity contribution in [3.8, 4) is 0 Å². The Kier molecular flexibility index (Phi) is 5.99. The summed E-state index contributed by atoms with van der Waals surface area (Å²) in [6, 6.07) is 9.21. The summed E-state index contributed by atoms with van der Waals surface area (Å²) in [4.78, 5) is 19.2. The molecule has 0 radical (unpaired) electrons. The molecule has 3 aromatic rings. The second-order valence-electron chi connectivity index (χ2n) is 8.21. The number of nitrogens with zero attached hydrogens (tertiary/aromatic N) is 4. The number of aryl methyl sites for hydroxylation is 2. The number of halogens is 3. The number of rotatable bonds is 4. The fourth-order valence-corrected chi connectivity index (χ4v) is 4.15. The van der Waals surface area contributed by atoms with Crippen LogP contribution in [0.15, 0.2) is 41.0 Å². The fourth-order valence-electron chi connectivity index (χ4n) is 4.15. The van der Waals surface area contributed by atoms with Gasteiger partial charge in [0, 0.05) is 30.4 Å². The highest BCUT2D eigenvalue weighted by molar-refractivity contribution is 5.93. The van der Waals surface area contributed by atoms with Gasteiger partial charge in [-0.2, -0.15) is 13.2 Å². The summed E-state index contributed by atoms with van der Waals surface area (Å²) < 4.78 is 43.8. The molecular formula is C23H23F3N4O2. The van der Waals surface area contributed by atoms with E-state index in [1.807, 2.05) is 19.1 Å². The van der Waals surface area contributed by atoms with Crippen LogP contribution in [-0.4, -0.2) is 39.2 Å². The third-order valence-corrected chi connectivity index (χ3v) is 5.68. The Morgan fingerprint density at radius 1 is 1.16 bits per heavy atom. The number of benzene rings is 1. The predicted octanol–water partition coefficient (Wildman–Crippen LogP) is 4.71. The maximum Gasteiger partial charge on any atom is 0.416 e. The van der Waals surface area contributed by atoms with Crippen molar-refractivity contribution >= 4 is 5.91 Å². The molecule has 1 fully saturated rings. The molecule has 0 bridgehead atoms. The molecule has 0 N–H and O–H groups in total. The van der Waals surface area contributed by atoms with Crippen molar-refractivity contribution in [3.63, 3.8) is 0 Å². The van der Waals surface area contributed by atoms with Gasteiger partial charge in [0.2, 0.25) is 0 Å². The van der Waals surface area contributed by atoms with E-state index < -0.39 is 11.7 Å². The van der Waals surface area contributed by atoms with E-state index in [0.717, 1.165) is 35.9 Å². The van der Waals surface area contributed by atoms with Crippen molar-refractivity contribution in [2.45, 2.75) is 45.2 Å². The Labute approximate surface area is 183 Å². The van der Waals surface area contributed by atoms with Crippen LogP contribution in [0, 0.1) is 13.8 Å². The number of piperidine rings is 1. The number of aromatic nitrogens is 3. The second-order valence-corrected chi connectivity index (χ2v) is 8.21. The Hall–Kier alpha value is -3.23. The first-order valence-electron chi connectivity index (χ1n) is 10.4. The minimum Gasteiger partial charge on any atom is -0.336 e. The molecule has 4 rings (SSSR count). The molecular weight excluding hydrogens is 421 g/mol. The first kappa shape index (κ1) is 22.0. The third-order valence-electron chi connectivity index (χ3n) is 5.68. The number of amides is 1. The normalized spacial score (nSPS) is 16.9. The predicted molar refractivity (Wildman–Crippen MR) is 110 cm³/mol. The van der Waals surface area contributed by atoms with Gasteiger partial charge in [-0.1, -0.05) is 23.4 Å². The molecule has 2 aromatic heterocycles. The lowest BCUT2D eigenvalue weighted by molar-refractivity contribution is -0.137. The van der Waals surface area contributed by atoms with Crippen LogP contribution in [0.5, 0.6) is 0 Å². The van der Waals surface area contributed by atoms with Crippen LogP contribution < -0.4 is 0 Å². The standard InChI is InChI=1S/C23H23F3N4O2/c1-14-9-17(10-16-5-3-7-19(11-16)23(24,25)26)12-20(27-14)18-6-4-8-30(13-18)22(31)21-15(2)28-32-29-21/h3,5,7,9,11-12,18H,4,6,8,10,13H2,1-2H3. The van der Waals surface area contributed by atoms with Crippen LogP contribution in [0.4, 0.5) is 13.2 Å². The summed E-state index contributed by atoms with van der Waals surface area (Å²) in [5.41, 5.74) is 3.14. The lowest BCUT2D eigenvalue weighted by Gasteiger charge is -2.32. The van der Waals surface area contributed by atoms with Gasteiger partial charge >= 0.3 is 6.18 Å². The Balaban J connectivity index is 1.54. The number of likely N-dealkylation sites (tertiary alicyclic amines) is 1. The Morgan fingerprint density at radius 2 is 1.97 bits per heavy atom. The highest BCUT2D eigenvalue weighted by atomic mass is 19.4. The van der Waals surface area contributed by atoms with Gasteiger partial charge in [-0.3, -0.25) is 9.78 Å². The number of hydrogen-bond donors (Lipinski definition) is 0. The van der Waals surface area contributed by atoms with Crippen LogP contribution in [0.25, 0.3) is 0 Å². The van der Waals surface area contributed by atoms with Gasteiger partial charge in [-0.05, 0) is 67.6 Å². The summed E-state index contributed by atoms with van der Waals surface area (Å²) in [6.45, 7) is 4.65. The first-order valence-corrected chi connectivity index (χ1v) is 10.4. The van der Waals surface area contributed by atoms with E-state index in [1.54, 1.807) is 17.9 Å². The molecule has 1 amide bonds. The van der Waals surface area contributed by atoms with E-state index in [9.17, 15) is 18.0 Å². The number of alkyl halides is 3. The minimum absolute atomic E-state index is 0.0352. The molecule has 1 atom stereocenters. The van der Waals surface area contributed by atoms with Crippen molar-refractivity contribution in [1.29, 1.82) is 0 Å². The van der Waals surface area contributed by atoms with Crippen LogP contribution in [0.3, 0.4) is 0 Å². The average molecular weight is 444 g/mol. The molecule has 1 aromatic carbocycles. The Bertz CT molecular complexity index is 1130. The van der Waals surface area contributed by atoms with E-state index in [0.29, 0.717) is 30.8 Å². The second kappa shape index (κ2) is 8.72. The highest BCUT2D eigenvalue weighted by Gasteiger charge is 2.31. The summed E-state index contributed by atoms with van der Waals surface area (Å²) in [5.74, 6) is -0.182. The lowest BCUT2D eigenvalue weighted by atomic mass is 9.92. The monoisotopic (exact) mass is 444 g/mol. The van der Waals surface area contributed by atoms with Gasteiger partial charge in [0.05, 0.1) is 5.56 Å². The number of hydrogen-bond acceptors (Lipinski definition) is 5. The molecule has 6 nitrogen and oxygen atoms in total. The quantitative estimate of drug-likeness (QED) is 0.583. The molecule has 3 heterocycles. The van der Waals surface area contributed by atoms with Crippen LogP contribution in [-0.2, 0) is 12.6 Å². The summed E-state index contributed by atoms with van der Waals surface area (Å²) in [7, 11) is 0. The number of pyridine rings is 1. The zero-order valence-electron chi connectivity index (χ0n) is 17.8. The topological polar surface area (TPSA) is 72.1 Å². The number of carbonyl (C=O) groups is 1. The van der Waals surface area contributed by atoms with E-state index in [-0.39, 0.29) is 17.5 Å². The maximum atomic E-state index is 13.1. The van der Waals surface area contributed by atoms with E-state index >= 15 is 0 Å². The SMILES string of the molecule is Cc1cc(Cc2cccc(C(F)(F)F)c2)cc(C2CCCN(C(=O)c3nonc3C)C2)n1. The maximum absolute atomic E-state index is 13.1. The lowest BCUT2D eigenvalue weighted by Crippen LogP contribution is -2.39. The Morgan fingerprint density at radius 3 is 2.69 bits per heavy atom. The molecule has 0 saturated carbocycles.